The molecule has 2 aromatic rings. The van der Waals surface area contributed by atoms with Gasteiger partial charge in [0.2, 0.25) is 0 Å². The fraction of sp³-hybridized carbons (Fsp3) is 0.429. The molecule has 1 radical (unpaired) electrons. The van der Waals surface area contributed by atoms with Gasteiger partial charge in [0.05, 0.1) is 11.3 Å². The molecular weight excluding hydrogens is 254 g/mol. The van der Waals surface area contributed by atoms with E-state index in [0.29, 0.717) is 35.7 Å². The van der Waals surface area contributed by atoms with E-state index >= 15 is 0 Å². The number of nitrogen functional groups attached to an aromatic ring is 1. The molecule has 3 rings (SSSR count). The second-order valence-corrected chi connectivity index (χ2v) is 5.08. The Bertz CT molecular complexity index is 703. The molecular formula is C14H16N5O. The monoisotopic (exact) mass is 270 g/mol. The maximum atomic E-state index is 10.4. The van der Waals surface area contributed by atoms with Gasteiger partial charge in [0, 0.05) is 0 Å². The Hall–Kier alpha value is -2.13. The predicted molar refractivity (Wildman–Crippen MR) is 74.5 cm³/mol. The molecule has 6 nitrogen and oxygen atoms in total. The van der Waals surface area contributed by atoms with Crippen LogP contribution in [0.15, 0.2) is 6.33 Å². The summed E-state index contributed by atoms with van der Waals surface area (Å²) in [6.07, 6.45) is 6.69. The van der Waals surface area contributed by atoms with E-state index in [2.05, 4.69) is 33.3 Å². The van der Waals surface area contributed by atoms with Gasteiger partial charge in [-0.3, -0.25) is 0 Å². The molecule has 20 heavy (non-hydrogen) atoms. The van der Waals surface area contributed by atoms with Crippen LogP contribution in [0.2, 0.25) is 0 Å². The summed E-state index contributed by atoms with van der Waals surface area (Å²) >= 11 is 0. The largest absolute Gasteiger partial charge is 0.382 e. The Morgan fingerprint density at radius 2 is 2.15 bits per heavy atom. The first-order valence-electron chi connectivity index (χ1n) is 6.62. The summed E-state index contributed by atoms with van der Waals surface area (Å²) in [5.74, 6) is 6.80. The Labute approximate surface area is 117 Å². The van der Waals surface area contributed by atoms with Gasteiger partial charge in [0.15, 0.2) is 0 Å². The van der Waals surface area contributed by atoms with Crippen LogP contribution in [0.5, 0.6) is 0 Å². The summed E-state index contributed by atoms with van der Waals surface area (Å²) in [6, 6.07) is 0. The Morgan fingerprint density at radius 3 is 2.90 bits per heavy atom. The summed E-state index contributed by atoms with van der Waals surface area (Å²) in [5.41, 5.74) is 6.43. The van der Waals surface area contributed by atoms with E-state index in [0.717, 1.165) is 12.8 Å². The molecule has 0 atom stereocenters. The Morgan fingerprint density at radius 1 is 1.40 bits per heavy atom. The molecule has 0 amide bonds. The van der Waals surface area contributed by atoms with E-state index in [1.807, 2.05) is 6.92 Å². The normalized spacial score (nSPS) is 17.7. The molecule has 0 spiro atoms. The van der Waals surface area contributed by atoms with Crippen LogP contribution in [0.4, 0.5) is 5.82 Å². The highest BCUT2D eigenvalue weighted by Crippen LogP contribution is 2.27. The minimum atomic E-state index is -0.926. The zero-order valence-corrected chi connectivity index (χ0v) is 11.3. The van der Waals surface area contributed by atoms with E-state index in [4.69, 9.17) is 5.73 Å². The number of anilines is 1. The van der Waals surface area contributed by atoms with Gasteiger partial charge in [-0.05, 0) is 39.0 Å². The fourth-order valence-corrected chi connectivity index (χ4v) is 2.39. The van der Waals surface area contributed by atoms with Crippen molar-refractivity contribution in [1.29, 1.82) is 0 Å². The Balaban J connectivity index is 2.02. The van der Waals surface area contributed by atoms with Crippen LogP contribution in [0, 0.1) is 25.2 Å². The van der Waals surface area contributed by atoms with Crippen molar-refractivity contribution in [3.63, 3.8) is 0 Å². The first kappa shape index (κ1) is 12.9. The van der Waals surface area contributed by atoms with E-state index in [1.54, 1.807) is 0 Å². The van der Waals surface area contributed by atoms with Gasteiger partial charge in [-0.1, -0.05) is 11.8 Å². The van der Waals surface area contributed by atoms with Crippen LogP contribution in [-0.4, -0.2) is 30.3 Å². The van der Waals surface area contributed by atoms with E-state index in [9.17, 15) is 5.11 Å². The highest BCUT2D eigenvalue weighted by Gasteiger charge is 2.26. The molecule has 0 aromatic carbocycles. The van der Waals surface area contributed by atoms with Gasteiger partial charge in [-0.2, -0.15) is 14.6 Å². The zero-order valence-electron chi connectivity index (χ0n) is 11.3. The fourth-order valence-electron chi connectivity index (χ4n) is 2.39. The SMILES string of the molecule is Cc1nc2ncnn2c(N)c1C#CC1(O)CC[CH]CC1. The van der Waals surface area contributed by atoms with Gasteiger partial charge < -0.3 is 10.8 Å². The topological polar surface area (TPSA) is 89.3 Å². The average molecular weight is 270 g/mol. The molecule has 0 bridgehead atoms. The number of nitrogens with two attached hydrogens (primary N) is 1. The van der Waals surface area contributed by atoms with Gasteiger partial charge in [0.1, 0.15) is 17.7 Å². The molecule has 0 unspecified atom stereocenters. The number of rotatable bonds is 0. The summed E-state index contributed by atoms with van der Waals surface area (Å²) in [4.78, 5) is 8.31. The third-order valence-corrected chi connectivity index (χ3v) is 3.59. The van der Waals surface area contributed by atoms with Crippen molar-refractivity contribution in [2.24, 2.45) is 0 Å². The molecule has 3 N–H and O–H groups in total. The van der Waals surface area contributed by atoms with Crippen molar-refractivity contribution < 1.29 is 5.11 Å². The molecule has 1 aliphatic carbocycles. The van der Waals surface area contributed by atoms with Crippen LogP contribution in [0.3, 0.4) is 0 Å². The minimum Gasteiger partial charge on any atom is -0.382 e. The third-order valence-electron chi connectivity index (χ3n) is 3.59. The molecule has 1 aliphatic rings. The van der Waals surface area contributed by atoms with E-state index in [1.165, 1.54) is 10.8 Å². The molecule has 2 heterocycles. The summed E-state index contributed by atoms with van der Waals surface area (Å²) in [5, 5.41) is 14.4. The van der Waals surface area contributed by atoms with Gasteiger partial charge in [-0.25, -0.2) is 4.98 Å². The first-order chi connectivity index (χ1) is 9.59. The highest BCUT2D eigenvalue weighted by atomic mass is 16.3. The number of hydrogen-bond acceptors (Lipinski definition) is 5. The van der Waals surface area contributed by atoms with Crippen LogP contribution in [-0.2, 0) is 0 Å². The molecule has 103 valence electrons. The van der Waals surface area contributed by atoms with Crippen molar-refractivity contribution in [2.45, 2.75) is 38.2 Å². The number of hydrogen-bond donors (Lipinski definition) is 2. The smallest absolute Gasteiger partial charge is 0.254 e. The lowest BCUT2D eigenvalue weighted by Crippen LogP contribution is -2.29. The van der Waals surface area contributed by atoms with Gasteiger partial charge in [0.25, 0.3) is 5.78 Å². The number of fused-ring (bicyclic) bond motifs is 1. The van der Waals surface area contributed by atoms with Crippen molar-refractivity contribution in [3.05, 3.63) is 24.0 Å². The van der Waals surface area contributed by atoms with Crippen LogP contribution < -0.4 is 5.73 Å². The lowest BCUT2D eigenvalue weighted by molar-refractivity contribution is 0.0714. The number of aryl methyl sites for hydroxylation is 1. The van der Waals surface area contributed by atoms with Crippen LogP contribution in [0.1, 0.15) is 36.9 Å². The highest BCUT2D eigenvalue weighted by molar-refractivity contribution is 5.57. The lowest BCUT2D eigenvalue weighted by Gasteiger charge is -2.26. The second-order valence-electron chi connectivity index (χ2n) is 5.08. The molecule has 6 heteroatoms. The van der Waals surface area contributed by atoms with Crippen molar-refractivity contribution >= 4 is 11.6 Å². The molecule has 2 aromatic heterocycles. The van der Waals surface area contributed by atoms with Crippen molar-refractivity contribution in [2.75, 3.05) is 5.73 Å². The standard InChI is InChI=1S/C14H16N5O/c1-10-11(5-8-14(20)6-3-2-4-7-14)12(15)19-13(18-10)16-9-17-19/h2,9,20H,3-4,6-7,15H2,1H3. The number of nitrogens with zero attached hydrogens (tertiary/aromatic N) is 4. The third kappa shape index (κ3) is 2.21. The summed E-state index contributed by atoms with van der Waals surface area (Å²) in [6.45, 7) is 1.83. The quantitative estimate of drug-likeness (QED) is 0.693. The average Bonchev–Trinajstić information content (AvgIpc) is 2.87. The predicted octanol–water partition coefficient (Wildman–Crippen LogP) is 0.876. The van der Waals surface area contributed by atoms with Crippen molar-refractivity contribution in [3.8, 4) is 11.8 Å². The first-order valence-corrected chi connectivity index (χ1v) is 6.62. The zero-order chi connectivity index (χ0) is 14.2. The van der Waals surface area contributed by atoms with Crippen LogP contribution in [0.25, 0.3) is 5.78 Å². The van der Waals surface area contributed by atoms with Crippen molar-refractivity contribution in [1.82, 2.24) is 19.6 Å². The maximum absolute atomic E-state index is 10.4. The molecule has 0 aliphatic heterocycles. The minimum absolute atomic E-state index is 0.406. The Kier molecular flexibility index (Phi) is 3.07. The maximum Gasteiger partial charge on any atom is 0.254 e. The van der Waals surface area contributed by atoms with Gasteiger partial charge in [-0.15, -0.1) is 0 Å². The summed E-state index contributed by atoms with van der Waals surface area (Å²) < 4.78 is 1.45. The van der Waals surface area contributed by atoms with Crippen LogP contribution >= 0.6 is 0 Å². The number of aromatic nitrogens is 4. The lowest BCUT2D eigenvalue weighted by atomic mass is 9.85. The molecule has 1 fully saturated rings. The number of aliphatic hydroxyl groups is 1. The summed E-state index contributed by atoms with van der Waals surface area (Å²) in [7, 11) is 0. The van der Waals surface area contributed by atoms with E-state index in [-0.39, 0.29) is 0 Å². The van der Waals surface area contributed by atoms with Gasteiger partial charge >= 0.3 is 0 Å². The molecule has 0 saturated heterocycles. The van der Waals surface area contributed by atoms with E-state index < -0.39 is 5.60 Å². The second kappa shape index (κ2) is 4.76. The molecule has 1 saturated carbocycles.